The number of rotatable bonds is 4. The van der Waals surface area contributed by atoms with Crippen molar-refractivity contribution >= 4 is 5.97 Å². The SMILES string of the molecule is CCc1ccc(-n2cnc(C)c2CC(=O)O)cc1. The van der Waals surface area contributed by atoms with E-state index in [1.165, 1.54) is 5.56 Å². The zero-order valence-electron chi connectivity index (χ0n) is 10.6. The highest BCUT2D eigenvalue weighted by molar-refractivity contribution is 5.70. The second-order valence-corrected chi connectivity index (χ2v) is 4.24. The lowest BCUT2D eigenvalue weighted by atomic mass is 10.1. The molecule has 1 N–H and O–H groups in total. The molecule has 0 bridgehead atoms. The molecule has 0 aliphatic carbocycles. The minimum atomic E-state index is -0.843. The van der Waals surface area contributed by atoms with Crippen molar-refractivity contribution in [1.29, 1.82) is 0 Å². The number of carboxylic acid groups (broad SMARTS) is 1. The molecule has 2 rings (SSSR count). The van der Waals surface area contributed by atoms with Gasteiger partial charge in [-0.2, -0.15) is 0 Å². The predicted octanol–water partition coefficient (Wildman–Crippen LogP) is 2.37. The molecule has 0 spiro atoms. The molecular weight excluding hydrogens is 228 g/mol. The standard InChI is InChI=1S/C14H16N2O2/c1-3-11-4-6-12(7-5-11)16-9-15-10(2)13(16)8-14(17)18/h4-7,9H,3,8H2,1-2H3,(H,17,18). The third-order valence-corrected chi connectivity index (χ3v) is 3.02. The third-order valence-electron chi connectivity index (χ3n) is 3.02. The summed E-state index contributed by atoms with van der Waals surface area (Å²) in [4.78, 5) is 15.0. The lowest BCUT2D eigenvalue weighted by molar-refractivity contribution is -0.136. The molecule has 0 radical (unpaired) electrons. The zero-order chi connectivity index (χ0) is 13.1. The van der Waals surface area contributed by atoms with Gasteiger partial charge in [0.1, 0.15) is 0 Å². The maximum Gasteiger partial charge on any atom is 0.309 e. The Kier molecular flexibility index (Phi) is 3.46. The van der Waals surface area contributed by atoms with E-state index in [1.807, 2.05) is 23.6 Å². The molecule has 0 saturated heterocycles. The molecule has 94 valence electrons. The number of aliphatic carboxylic acids is 1. The molecule has 0 atom stereocenters. The van der Waals surface area contributed by atoms with Crippen LogP contribution in [-0.4, -0.2) is 20.6 Å². The van der Waals surface area contributed by atoms with Crippen LogP contribution >= 0.6 is 0 Å². The minimum absolute atomic E-state index is 0.0125. The summed E-state index contributed by atoms with van der Waals surface area (Å²) in [5, 5.41) is 8.92. The quantitative estimate of drug-likeness (QED) is 0.898. The number of aromatic nitrogens is 2. The van der Waals surface area contributed by atoms with Gasteiger partial charge in [-0.15, -0.1) is 0 Å². The summed E-state index contributed by atoms with van der Waals surface area (Å²) >= 11 is 0. The first-order chi connectivity index (χ1) is 8.61. The Morgan fingerprint density at radius 2 is 2.00 bits per heavy atom. The van der Waals surface area contributed by atoms with Crippen LogP contribution in [0.1, 0.15) is 23.9 Å². The molecule has 18 heavy (non-hydrogen) atoms. The number of imidazole rings is 1. The Morgan fingerprint density at radius 1 is 1.33 bits per heavy atom. The Morgan fingerprint density at radius 3 is 2.56 bits per heavy atom. The van der Waals surface area contributed by atoms with Gasteiger partial charge in [0.05, 0.1) is 24.1 Å². The second-order valence-electron chi connectivity index (χ2n) is 4.24. The van der Waals surface area contributed by atoms with E-state index in [-0.39, 0.29) is 6.42 Å². The number of carbonyl (C=O) groups is 1. The van der Waals surface area contributed by atoms with Gasteiger partial charge in [-0.05, 0) is 31.0 Å². The first-order valence-electron chi connectivity index (χ1n) is 5.95. The van der Waals surface area contributed by atoms with Crippen molar-refractivity contribution in [3.63, 3.8) is 0 Å². The van der Waals surface area contributed by atoms with Crippen LogP contribution in [0.5, 0.6) is 0 Å². The van der Waals surface area contributed by atoms with Gasteiger partial charge in [-0.3, -0.25) is 4.79 Å². The van der Waals surface area contributed by atoms with Gasteiger partial charge < -0.3 is 9.67 Å². The molecule has 0 fully saturated rings. The van der Waals surface area contributed by atoms with E-state index in [2.05, 4.69) is 24.0 Å². The molecule has 1 heterocycles. The highest BCUT2D eigenvalue weighted by atomic mass is 16.4. The average molecular weight is 244 g/mol. The number of carboxylic acids is 1. The van der Waals surface area contributed by atoms with Crippen LogP contribution in [0.25, 0.3) is 5.69 Å². The maximum atomic E-state index is 10.9. The van der Waals surface area contributed by atoms with Crippen LogP contribution in [-0.2, 0) is 17.6 Å². The third kappa shape index (κ3) is 2.42. The molecule has 4 heteroatoms. The summed E-state index contributed by atoms with van der Waals surface area (Å²) in [6, 6.07) is 8.08. The second kappa shape index (κ2) is 5.04. The van der Waals surface area contributed by atoms with Crippen LogP contribution in [0.2, 0.25) is 0 Å². The molecular formula is C14H16N2O2. The fourth-order valence-electron chi connectivity index (χ4n) is 1.93. The minimum Gasteiger partial charge on any atom is -0.481 e. The normalized spacial score (nSPS) is 10.6. The first kappa shape index (κ1) is 12.4. The van der Waals surface area contributed by atoms with Crippen molar-refractivity contribution in [2.24, 2.45) is 0 Å². The van der Waals surface area contributed by atoms with Crippen LogP contribution in [0.3, 0.4) is 0 Å². The van der Waals surface area contributed by atoms with Crippen molar-refractivity contribution in [2.75, 3.05) is 0 Å². The van der Waals surface area contributed by atoms with Gasteiger partial charge in [0, 0.05) is 5.69 Å². The van der Waals surface area contributed by atoms with Crippen molar-refractivity contribution in [2.45, 2.75) is 26.7 Å². The highest BCUT2D eigenvalue weighted by Gasteiger charge is 2.12. The van der Waals surface area contributed by atoms with Crippen molar-refractivity contribution in [3.8, 4) is 5.69 Å². The molecule has 2 aromatic rings. The Bertz CT molecular complexity index is 556. The summed E-state index contributed by atoms with van der Waals surface area (Å²) in [5.41, 5.74) is 3.70. The van der Waals surface area contributed by atoms with Crippen molar-refractivity contribution < 1.29 is 9.90 Å². The van der Waals surface area contributed by atoms with Gasteiger partial charge in [-0.1, -0.05) is 19.1 Å². The first-order valence-corrected chi connectivity index (χ1v) is 5.95. The summed E-state index contributed by atoms with van der Waals surface area (Å²) in [7, 11) is 0. The average Bonchev–Trinajstić information content (AvgIpc) is 2.71. The Hall–Kier alpha value is -2.10. The van der Waals surface area contributed by atoms with E-state index in [0.29, 0.717) is 0 Å². The Labute approximate surface area is 106 Å². The van der Waals surface area contributed by atoms with E-state index < -0.39 is 5.97 Å². The predicted molar refractivity (Wildman–Crippen MR) is 69.0 cm³/mol. The van der Waals surface area contributed by atoms with Gasteiger partial charge >= 0.3 is 5.97 Å². The summed E-state index contributed by atoms with van der Waals surface area (Å²) in [6.07, 6.45) is 2.65. The highest BCUT2D eigenvalue weighted by Crippen LogP contribution is 2.16. The smallest absolute Gasteiger partial charge is 0.309 e. The van der Waals surface area contributed by atoms with E-state index >= 15 is 0 Å². The maximum absolute atomic E-state index is 10.9. The lowest BCUT2D eigenvalue weighted by Gasteiger charge is -2.08. The van der Waals surface area contributed by atoms with Gasteiger partial charge in [-0.25, -0.2) is 4.98 Å². The monoisotopic (exact) mass is 244 g/mol. The van der Waals surface area contributed by atoms with E-state index in [9.17, 15) is 4.79 Å². The number of aryl methyl sites for hydroxylation is 2. The van der Waals surface area contributed by atoms with Crippen molar-refractivity contribution in [1.82, 2.24) is 9.55 Å². The molecule has 0 aliphatic heterocycles. The molecule has 1 aromatic heterocycles. The largest absolute Gasteiger partial charge is 0.481 e. The number of benzene rings is 1. The molecule has 0 aliphatic rings. The van der Waals surface area contributed by atoms with Crippen LogP contribution < -0.4 is 0 Å². The number of nitrogens with zero attached hydrogens (tertiary/aromatic N) is 2. The molecule has 4 nitrogen and oxygen atoms in total. The zero-order valence-corrected chi connectivity index (χ0v) is 10.6. The molecule has 0 amide bonds. The summed E-state index contributed by atoms with van der Waals surface area (Å²) in [5.74, 6) is -0.843. The van der Waals surface area contributed by atoms with Crippen LogP contribution in [0.15, 0.2) is 30.6 Å². The fraction of sp³-hybridized carbons (Fsp3) is 0.286. The molecule has 0 unspecified atom stereocenters. The molecule has 0 saturated carbocycles. The van der Waals surface area contributed by atoms with Gasteiger partial charge in [0.15, 0.2) is 0 Å². The lowest BCUT2D eigenvalue weighted by Crippen LogP contribution is -2.07. The summed E-state index contributed by atoms with van der Waals surface area (Å²) in [6.45, 7) is 3.93. The van der Waals surface area contributed by atoms with Crippen molar-refractivity contribution in [3.05, 3.63) is 47.5 Å². The fourth-order valence-corrected chi connectivity index (χ4v) is 1.93. The van der Waals surface area contributed by atoms with E-state index in [4.69, 9.17) is 5.11 Å². The number of hydrogen-bond acceptors (Lipinski definition) is 2. The summed E-state index contributed by atoms with van der Waals surface area (Å²) < 4.78 is 1.84. The van der Waals surface area contributed by atoms with E-state index in [0.717, 1.165) is 23.5 Å². The number of hydrogen-bond donors (Lipinski definition) is 1. The van der Waals surface area contributed by atoms with Crippen LogP contribution in [0, 0.1) is 6.92 Å². The Balaban J connectivity index is 2.40. The van der Waals surface area contributed by atoms with Crippen LogP contribution in [0.4, 0.5) is 0 Å². The van der Waals surface area contributed by atoms with Gasteiger partial charge in [0.25, 0.3) is 0 Å². The van der Waals surface area contributed by atoms with E-state index in [1.54, 1.807) is 6.33 Å². The topological polar surface area (TPSA) is 55.1 Å². The van der Waals surface area contributed by atoms with Gasteiger partial charge in [0.2, 0.25) is 0 Å². The molecule has 1 aromatic carbocycles.